The van der Waals surface area contributed by atoms with E-state index >= 15 is 0 Å². The summed E-state index contributed by atoms with van der Waals surface area (Å²) in [6.45, 7) is 3.19. The van der Waals surface area contributed by atoms with Crippen LogP contribution in [-0.2, 0) is 4.74 Å². The molecule has 0 spiro atoms. The molecule has 0 saturated carbocycles. The summed E-state index contributed by atoms with van der Waals surface area (Å²) in [5.41, 5.74) is 2.99. The van der Waals surface area contributed by atoms with Crippen LogP contribution in [0.4, 0.5) is 0 Å². The first-order valence-corrected chi connectivity index (χ1v) is 10.5. The number of benzene rings is 2. The van der Waals surface area contributed by atoms with E-state index in [0.717, 1.165) is 46.9 Å². The van der Waals surface area contributed by atoms with Gasteiger partial charge in [0.1, 0.15) is 12.4 Å². The molecule has 2 N–H and O–H groups in total. The van der Waals surface area contributed by atoms with Gasteiger partial charge in [0, 0.05) is 28.3 Å². The second-order valence-electron chi connectivity index (χ2n) is 7.65. The van der Waals surface area contributed by atoms with Gasteiger partial charge in [0.05, 0.1) is 29.6 Å². The maximum absolute atomic E-state index is 9.83. The molecule has 1 aliphatic rings. The third-order valence-corrected chi connectivity index (χ3v) is 5.95. The zero-order valence-electron chi connectivity index (χ0n) is 17.6. The largest absolute Gasteiger partial charge is 0.506 e. The normalized spacial score (nSPS) is 15.8. The number of aromatic nitrogens is 3. The molecule has 7 nitrogen and oxygen atoms in total. The molecule has 9 heteroatoms. The highest BCUT2D eigenvalue weighted by Gasteiger charge is 2.20. The van der Waals surface area contributed by atoms with Crippen molar-refractivity contribution in [1.29, 1.82) is 0 Å². The highest BCUT2D eigenvalue weighted by Crippen LogP contribution is 2.41. The first-order chi connectivity index (χ1) is 15.0. The molecule has 32 heavy (non-hydrogen) atoms. The minimum absolute atomic E-state index is 0. The summed E-state index contributed by atoms with van der Waals surface area (Å²) >= 11 is 6.17. The Morgan fingerprint density at radius 2 is 2.03 bits per heavy atom. The Labute approximate surface area is 196 Å². The Morgan fingerprint density at radius 1 is 1.22 bits per heavy atom. The number of phenols is 1. The summed E-state index contributed by atoms with van der Waals surface area (Å²) < 4.78 is 17.4. The van der Waals surface area contributed by atoms with Crippen molar-refractivity contribution in [2.75, 3.05) is 20.3 Å². The Morgan fingerprint density at radius 3 is 2.75 bits per heavy atom. The Balaban J connectivity index is 0.00000245. The average Bonchev–Trinajstić information content (AvgIpc) is 3.43. The lowest BCUT2D eigenvalue weighted by molar-refractivity contribution is 0.0670. The standard InChI is InChI=1S/C23H22ClN3O4.ClH/c1-12-21-15-9-20(31-11-14-4-3-7-30-14)19(29-2)10-16(15)22(25-23(21)27-26-12)13-5-6-18(28)17(24)8-13;/h5-6,8-10,14,28H,3-4,7,11H2,1-2H3,(H,25,26,27);1H. The van der Waals surface area contributed by atoms with E-state index in [2.05, 4.69) is 10.2 Å². The monoisotopic (exact) mass is 475 g/mol. The van der Waals surface area contributed by atoms with Crippen LogP contribution in [0.2, 0.25) is 5.02 Å². The van der Waals surface area contributed by atoms with Crippen LogP contribution in [0.25, 0.3) is 33.1 Å². The van der Waals surface area contributed by atoms with Crippen LogP contribution in [-0.4, -0.2) is 46.7 Å². The molecule has 5 rings (SSSR count). The smallest absolute Gasteiger partial charge is 0.161 e. The van der Waals surface area contributed by atoms with Crippen LogP contribution < -0.4 is 9.47 Å². The number of phenolic OH excluding ortho intramolecular Hbond substituents is 1. The molecule has 2 aromatic heterocycles. The molecule has 0 radical (unpaired) electrons. The second-order valence-corrected chi connectivity index (χ2v) is 8.06. The molecule has 0 amide bonds. The van der Waals surface area contributed by atoms with Crippen molar-refractivity contribution in [3.05, 3.63) is 41.0 Å². The maximum atomic E-state index is 9.83. The highest BCUT2D eigenvalue weighted by molar-refractivity contribution is 6.32. The average molecular weight is 476 g/mol. The third kappa shape index (κ3) is 3.92. The lowest BCUT2D eigenvalue weighted by atomic mass is 10.00. The molecule has 168 valence electrons. The maximum Gasteiger partial charge on any atom is 0.161 e. The number of ether oxygens (including phenoxy) is 3. The summed E-state index contributed by atoms with van der Waals surface area (Å²) in [5.74, 6) is 1.28. The molecule has 1 saturated heterocycles. The number of pyridine rings is 1. The van der Waals surface area contributed by atoms with Crippen molar-refractivity contribution < 1.29 is 19.3 Å². The molecular weight excluding hydrogens is 453 g/mol. The molecule has 1 unspecified atom stereocenters. The number of hydrogen-bond acceptors (Lipinski definition) is 6. The predicted octanol–water partition coefficient (Wildman–Crippen LogP) is 5.43. The molecule has 2 aromatic carbocycles. The van der Waals surface area contributed by atoms with E-state index in [1.54, 1.807) is 25.3 Å². The van der Waals surface area contributed by atoms with Crippen molar-refractivity contribution in [2.45, 2.75) is 25.9 Å². The van der Waals surface area contributed by atoms with Crippen molar-refractivity contribution in [2.24, 2.45) is 0 Å². The third-order valence-electron chi connectivity index (χ3n) is 5.65. The van der Waals surface area contributed by atoms with E-state index in [9.17, 15) is 5.11 Å². The van der Waals surface area contributed by atoms with Crippen LogP contribution >= 0.6 is 24.0 Å². The van der Waals surface area contributed by atoms with Crippen LogP contribution in [0.3, 0.4) is 0 Å². The minimum atomic E-state index is 0. The van der Waals surface area contributed by atoms with Gasteiger partial charge in [-0.2, -0.15) is 5.10 Å². The summed E-state index contributed by atoms with van der Waals surface area (Å²) in [4.78, 5) is 4.80. The number of H-pyrrole nitrogens is 1. The fourth-order valence-corrected chi connectivity index (χ4v) is 4.24. The van der Waals surface area contributed by atoms with Crippen molar-refractivity contribution >= 4 is 45.8 Å². The minimum Gasteiger partial charge on any atom is -0.506 e. The highest BCUT2D eigenvalue weighted by atomic mass is 35.5. The molecule has 0 aliphatic carbocycles. The number of methoxy groups -OCH3 is 1. The van der Waals surface area contributed by atoms with Gasteiger partial charge >= 0.3 is 0 Å². The zero-order chi connectivity index (χ0) is 21.5. The lowest BCUT2D eigenvalue weighted by Crippen LogP contribution is -2.16. The van der Waals surface area contributed by atoms with Crippen LogP contribution in [0, 0.1) is 6.92 Å². The van der Waals surface area contributed by atoms with Crippen LogP contribution in [0.5, 0.6) is 17.2 Å². The van der Waals surface area contributed by atoms with E-state index in [4.69, 9.17) is 30.8 Å². The van der Waals surface area contributed by atoms with Gasteiger partial charge in [0.25, 0.3) is 0 Å². The van der Waals surface area contributed by atoms with Crippen molar-refractivity contribution in [1.82, 2.24) is 15.2 Å². The lowest BCUT2D eigenvalue weighted by Gasteiger charge is -2.16. The molecule has 1 atom stereocenters. The van der Waals surface area contributed by atoms with E-state index in [1.807, 2.05) is 19.1 Å². The second kappa shape index (κ2) is 9.02. The number of nitrogens with zero attached hydrogens (tertiary/aromatic N) is 2. The zero-order valence-corrected chi connectivity index (χ0v) is 19.2. The van der Waals surface area contributed by atoms with Gasteiger partial charge in [-0.15, -0.1) is 12.4 Å². The molecule has 3 heterocycles. The van der Waals surface area contributed by atoms with E-state index in [-0.39, 0.29) is 29.3 Å². The molecular formula is C23H23Cl2N3O4. The SMILES string of the molecule is COc1cc2c(-c3ccc(O)c(Cl)c3)nc3[nH]nc(C)c3c2cc1OCC1CCCO1.Cl. The number of aromatic hydroxyl groups is 1. The Bertz CT molecular complexity index is 1290. The summed E-state index contributed by atoms with van der Waals surface area (Å²) in [5, 5.41) is 20.2. The number of hydrogen-bond donors (Lipinski definition) is 2. The molecule has 1 aliphatic heterocycles. The first kappa shape index (κ1) is 22.5. The Kier molecular flexibility index (Phi) is 6.33. The fourth-order valence-electron chi connectivity index (χ4n) is 4.06. The number of rotatable bonds is 5. The van der Waals surface area contributed by atoms with Crippen molar-refractivity contribution in [3.8, 4) is 28.5 Å². The Hall–Kier alpha value is -2.74. The number of fused-ring (bicyclic) bond motifs is 3. The number of halogens is 2. The van der Waals surface area contributed by atoms with Gasteiger partial charge in [-0.05, 0) is 50.1 Å². The summed E-state index contributed by atoms with van der Waals surface area (Å²) in [7, 11) is 1.62. The number of nitrogens with one attached hydrogen (secondary N) is 1. The fraction of sp³-hybridized carbons (Fsp3) is 0.304. The van der Waals surface area contributed by atoms with Crippen molar-refractivity contribution in [3.63, 3.8) is 0 Å². The number of aryl methyl sites for hydroxylation is 1. The predicted molar refractivity (Wildman–Crippen MR) is 127 cm³/mol. The molecule has 0 bridgehead atoms. The molecule has 1 fully saturated rings. The van der Waals surface area contributed by atoms with E-state index in [0.29, 0.717) is 29.4 Å². The van der Waals surface area contributed by atoms with E-state index in [1.165, 1.54) is 0 Å². The summed E-state index contributed by atoms with van der Waals surface area (Å²) in [6, 6.07) is 8.94. The first-order valence-electron chi connectivity index (χ1n) is 10.1. The van der Waals surface area contributed by atoms with E-state index < -0.39 is 0 Å². The topological polar surface area (TPSA) is 89.5 Å². The molecule has 4 aromatic rings. The van der Waals surface area contributed by atoms with Gasteiger partial charge in [-0.3, -0.25) is 5.10 Å². The van der Waals surface area contributed by atoms with Crippen LogP contribution in [0.15, 0.2) is 30.3 Å². The summed E-state index contributed by atoms with van der Waals surface area (Å²) in [6.07, 6.45) is 2.15. The van der Waals surface area contributed by atoms with Gasteiger partial charge in [0.2, 0.25) is 0 Å². The quantitative estimate of drug-likeness (QED) is 0.399. The van der Waals surface area contributed by atoms with Crippen LogP contribution in [0.1, 0.15) is 18.5 Å². The number of aromatic amines is 1. The van der Waals surface area contributed by atoms with Gasteiger partial charge < -0.3 is 19.3 Å². The van der Waals surface area contributed by atoms with Gasteiger partial charge in [-0.1, -0.05) is 11.6 Å². The van der Waals surface area contributed by atoms with Gasteiger partial charge in [0.15, 0.2) is 17.1 Å². The van der Waals surface area contributed by atoms with Gasteiger partial charge in [-0.25, -0.2) is 4.98 Å².